The molecule has 0 radical (unpaired) electrons. The van der Waals surface area contributed by atoms with E-state index in [1.54, 1.807) is 37.5 Å². The molecular formula is C26H24N2O5. The quantitative estimate of drug-likeness (QED) is 0.528. The Bertz CT molecular complexity index is 1220. The lowest BCUT2D eigenvalue weighted by Crippen LogP contribution is -2.26. The minimum absolute atomic E-state index is 0.136. The highest BCUT2D eigenvalue weighted by Crippen LogP contribution is 2.33. The van der Waals surface area contributed by atoms with Gasteiger partial charge in [-0.2, -0.15) is 0 Å². The minimum atomic E-state index is -0.406. The number of hydrogen-bond acceptors (Lipinski definition) is 5. The molecule has 0 aliphatic carbocycles. The van der Waals surface area contributed by atoms with Crippen molar-refractivity contribution in [3.05, 3.63) is 89.2 Å². The predicted octanol–water partition coefficient (Wildman–Crippen LogP) is 4.40. The van der Waals surface area contributed by atoms with Gasteiger partial charge < -0.3 is 24.8 Å². The van der Waals surface area contributed by atoms with E-state index in [2.05, 4.69) is 10.6 Å². The van der Waals surface area contributed by atoms with Gasteiger partial charge in [-0.1, -0.05) is 36.4 Å². The molecule has 1 heterocycles. The Morgan fingerprint density at radius 2 is 1.82 bits per heavy atom. The molecule has 0 spiro atoms. The van der Waals surface area contributed by atoms with Crippen LogP contribution in [0.5, 0.6) is 17.2 Å². The van der Waals surface area contributed by atoms with Crippen LogP contribution >= 0.6 is 0 Å². The van der Waals surface area contributed by atoms with E-state index >= 15 is 0 Å². The highest BCUT2D eigenvalue weighted by Gasteiger charge is 2.23. The van der Waals surface area contributed by atoms with Crippen LogP contribution in [-0.2, 0) is 11.3 Å². The SMILES string of the molecule is CCOc1ccccc1CNC(=O)c1ccc2c(c1)NC(=O)/C(=C/c1ccccc1OC)O2. The minimum Gasteiger partial charge on any atom is -0.496 e. The van der Waals surface area contributed by atoms with Gasteiger partial charge in [0.2, 0.25) is 0 Å². The van der Waals surface area contributed by atoms with Gasteiger partial charge >= 0.3 is 0 Å². The van der Waals surface area contributed by atoms with Crippen LogP contribution in [0.15, 0.2) is 72.5 Å². The number of rotatable bonds is 7. The molecule has 0 saturated heterocycles. The lowest BCUT2D eigenvalue weighted by molar-refractivity contribution is -0.115. The molecular weight excluding hydrogens is 420 g/mol. The molecule has 3 aromatic rings. The van der Waals surface area contributed by atoms with Crippen molar-refractivity contribution in [2.75, 3.05) is 19.0 Å². The molecule has 0 unspecified atom stereocenters. The molecule has 3 aromatic carbocycles. The Balaban J connectivity index is 1.48. The number of hydrogen-bond donors (Lipinski definition) is 2. The van der Waals surface area contributed by atoms with Gasteiger partial charge in [-0.15, -0.1) is 0 Å². The number of para-hydroxylation sites is 2. The Labute approximate surface area is 192 Å². The van der Waals surface area contributed by atoms with Gasteiger partial charge in [-0.05, 0) is 43.3 Å². The second-order valence-electron chi connectivity index (χ2n) is 7.24. The molecule has 1 aliphatic heterocycles. The molecule has 2 N–H and O–H groups in total. The normalized spacial score (nSPS) is 13.5. The zero-order valence-electron chi connectivity index (χ0n) is 18.4. The van der Waals surface area contributed by atoms with E-state index in [1.807, 2.05) is 49.4 Å². The molecule has 33 heavy (non-hydrogen) atoms. The van der Waals surface area contributed by atoms with Crippen LogP contribution in [0.3, 0.4) is 0 Å². The van der Waals surface area contributed by atoms with Crippen molar-refractivity contribution in [3.63, 3.8) is 0 Å². The molecule has 4 rings (SSSR count). The highest BCUT2D eigenvalue weighted by molar-refractivity contribution is 6.09. The standard InChI is InChI=1S/C26H24N2O5/c1-3-32-22-11-7-5-9-19(22)16-27-25(29)18-12-13-23-20(14-18)28-26(30)24(33-23)15-17-8-4-6-10-21(17)31-2/h4-15H,3,16H2,1-2H3,(H,27,29)(H,28,30)/b24-15-. The predicted molar refractivity (Wildman–Crippen MR) is 125 cm³/mol. The number of carbonyl (C=O) groups is 2. The molecule has 2 amide bonds. The van der Waals surface area contributed by atoms with Crippen LogP contribution in [0.1, 0.15) is 28.4 Å². The van der Waals surface area contributed by atoms with Crippen molar-refractivity contribution in [3.8, 4) is 17.2 Å². The number of amides is 2. The van der Waals surface area contributed by atoms with Crippen LogP contribution in [0.25, 0.3) is 6.08 Å². The van der Waals surface area contributed by atoms with Gasteiger partial charge in [0, 0.05) is 23.2 Å². The first kappa shape index (κ1) is 22.0. The van der Waals surface area contributed by atoms with E-state index in [4.69, 9.17) is 14.2 Å². The van der Waals surface area contributed by atoms with E-state index in [-0.39, 0.29) is 11.7 Å². The van der Waals surface area contributed by atoms with Crippen molar-refractivity contribution in [1.82, 2.24) is 5.32 Å². The molecule has 168 valence electrons. The van der Waals surface area contributed by atoms with Crippen LogP contribution in [-0.4, -0.2) is 25.5 Å². The monoisotopic (exact) mass is 444 g/mol. The van der Waals surface area contributed by atoms with Crippen molar-refractivity contribution < 1.29 is 23.8 Å². The van der Waals surface area contributed by atoms with E-state index in [0.29, 0.717) is 35.9 Å². The second-order valence-corrected chi connectivity index (χ2v) is 7.24. The van der Waals surface area contributed by atoms with Gasteiger partial charge in [0.15, 0.2) is 11.5 Å². The van der Waals surface area contributed by atoms with Crippen molar-refractivity contribution in [2.24, 2.45) is 0 Å². The van der Waals surface area contributed by atoms with Crippen molar-refractivity contribution in [1.29, 1.82) is 0 Å². The van der Waals surface area contributed by atoms with E-state index in [1.165, 1.54) is 0 Å². The maximum atomic E-state index is 12.7. The first-order chi connectivity index (χ1) is 16.1. The fourth-order valence-electron chi connectivity index (χ4n) is 3.45. The molecule has 0 saturated carbocycles. The maximum Gasteiger partial charge on any atom is 0.291 e. The Hall–Kier alpha value is -4.26. The summed E-state index contributed by atoms with van der Waals surface area (Å²) in [5.74, 6) is 1.28. The van der Waals surface area contributed by atoms with Crippen LogP contribution < -0.4 is 24.8 Å². The smallest absolute Gasteiger partial charge is 0.291 e. The van der Waals surface area contributed by atoms with Gasteiger partial charge in [0.25, 0.3) is 11.8 Å². The van der Waals surface area contributed by atoms with Crippen molar-refractivity contribution in [2.45, 2.75) is 13.5 Å². The summed E-state index contributed by atoms with van der Waals surface area (Å²) in [6.07, 6.45) is 1.62. The number of carbonyl (C=O) groups excluding carboxylic acids is 2. The molecule has 0 aromatic heterocycles. The van der Waals surface area contributed by atoms with E-state index < -0.39 is 5.91 Å². The summed E-state index contributed by atoms with van der Waals surface area (Å²) in [5.41, 5.74) is 2.44. The first-order valence-electron chi connectivity index (χ1n) is 10.6. The molecule has 0 bridgehead atoms. The van der Waals surface area contributed by atoms with Gasteiger partial charge in [0.1, 0.15) is 11.5 Å². The van der Waals surface area contributed by atoms with Gasteiger partial charge in [0.05, 0.1) is 19.4 Å². The second kappa shape index (κ2) is 9.91. The summed E-state index contributed by atoms with van der Waals surface area (Å²) in [5, 5.41) is 5.68. The van der Waals surface area contributed by atoms with Gasteiger partial charge in [-0.3, -0.25) is 9.59 Å². The lowest BCUT2D eigenvalue weighted by atomic mass is 10.1. The molecule has 0 fully saturated rings. The third-order valence-electron chi connectivity index (χ3n) is 5.07. The molecule has 1 aliphatic rings. The Kier molecular flexibility index (Phi) is 6.59. The lowest BCUT2D eigenvalue weighted by Gasteiger charge is -2.21. The number of anilines is 1. The number of fused-ring (bicyclic) bond motifs is 1. The Morgan fingerprint density at radius 3 is 2.61 bits per heavy atom. The zero-order valence-corrected chi connectivity index (χ0v) is 18.4. The first-order valence-corrected chi connectivity index (χ1v) is 10.6. The van der Waals surface area contributed by atoms with Crippen molar-refractivity contribution >= 4 is 23.6 Å². The zero-order chi connectivity index (χ0) is 23.2. The topological polar surface area (TPSA) is 85.9 Å². The molecule has 7 heteroatoms. The maximum absolute atomic E-state index is 12.7. The fourth-order valence-corrected chi connectivity index (χ4v) is 3.45. The van der Waals surface area contributed by atoms with E-state index in [0.717, 1.165) is 16.9 Å². The average molecular weight is 444 g/mol. The summed E-state index contributed by atoms with van der Waals surface area (Å²) >= 11 is 0. The number of methoxy groups -OCH3 is 1. The largest absolute Gasteiger partial charge is 0.496 e. The summed E-state index contributed by atoms with van der Waals surface area (Å²) < 4.78 is 16.7. The third-order valence-corrected chi connectivity index (χ3v) is 5.07. The summed E-state index contributed by atoms with van der Waals surface area (Å²) in [4.78, 5) is 25.3. The summed E-state index contributed by atoms with van der Waals surface area (Å²) in [6, 6.07) is 19.8. The number of ether oxygens (including phenoxy) is 3. The summed E-state index contributed by atoms with van der Waals surface area (Å²) in [6.45, 7) is 2.78. The van der Waals surface area contributed by atoms with Crippen LogP contribution in [0.2, 0.25) is 0 Å². The highest BCUT2D eigenvalue weighted by atomic mass is 16.5. The summed E-state index contributed by atoms with van der Waals surface area (Å²) in [7, 11) is 1.57. The van der Waals surface area contributed by atoms with Gasteiger partial charge in [-0.25, -0.2) is 0 Å². The molecule has 0 atom stereocenters. The van der Waals surface area contributed by atoms with Crippen LogP contribution in [0, 0.1) is 0 Å². The van der Waals surface area contributed by atoms with E-state index in [9.17, 15) is 9.59 Å². The number of nitrogens with one attached hydrogen (secondary N) is 2. The molecule has 7 nitrogen and oxygen atoms in total. The average Bonchev–Trinajstić information content (AvgIpc) is 2.84. The fraction of sp³-hybridized carbons (Fsp3) is 0.154. The Morgan fingerprint density at radius 1 is 1.06 bits per heavy atom. The van der Waals surface area contributed by atoms with Crippen LogP contribution in [0.4, 0.5) is 5.69 Å². The third kappa shape index (κ3) is 4.98. The number of benzene rings is 3.